The van der Waals surface area contributed by atoms with Crippen LogP contribution in [0.5, 0.6) is 0 Å². The molecule has 24 heavy (non-hydrogen) atoms. The molecule has 1 aromatic heterocycles. The number of hydrogen-bond donors (Lipinski definition) is 1. The molecular formula is C19H21BrN2O2. The summed E-state index contributed by atoms with van der Waals surface area (Å²) in [7, 11) is 0. The van der Waals surface area contributed by atoms with Crippen LogP contribution in [0.15, 0.2) is 45.3 Å². The molecule has 1 amide bonds. The van der Waals surface area contributed by atoms with Crippen LogP contribution >= 0.6 is 15.9 Å². The van der Waals surface area contributed by atoms with Gasteiger partial charge in [-0.1, -0.05) is 28.1 Å². The molecule has 3 aliphatic rings. The van der Waals surface area contributed by atoms with E-state index in [-0.39, 0.29) is 11.9 Å². The first-order valence-corrected chi connectivity index (χ1v) is 9.32. The summed E-state index contributed by atoms with van der Waals surface area (Å²) >= 11 is 3.42. The van der Waals surface area contributed by atoms with Crippen molar-refractivity contribution < 1.29 is 9.21 Å². The van der Waals surface area contributed by atoms with Gasteiger partial charge in [0.2, 0.25) is 0 Å². The van der Waals surface area contributed by atoms with Crippen LogP contribution in [-0.4, -0.2) is 36.0 Å². The van der Waals surface area contributed by atoms with Crippen LogP contribution in [0, 0.1) is 5.92 Å². The van der Waals surface area contributed by atoms with Crippen molar-refractivity contribution >= 4 is 21.8 Å². The van der Waals surface area contributed by atoms with E-state index in [0.29, 0.717) is 17.7 Å². The van der Waals surface area contributed by atoms with Crippen molar-refractivity contribution in [2.75, 3.05) is 13.1 Å². The van der Waals surface area contributed by atoms with Crippen molar-refractivity contribution in [2.45, 2.75) is 31.8 Å². The van der Waals surface area contributed by atoms with Gasteiger partial charge < -0.3 is 9.73 Å². The van der Waals surface area contributed by atoms with Gasteiger partial charge in [0.25, 0.3) is 5.91 Å². The van der Waals surface area contributed by atoms with Gasteiger partial charge >= 0.3 is 0 Å². The molecule has 0 radical (unpaired) electrons. The van der Waals surface area contributed by atoms with Crippen LogP contribution in [0.2, 0.25) is 0 Å². The lowest BCUT2D eigenvalue weighted by Crippen LogP contribution is -2.62. The maximum atomic E-state index is 12.6. The smallest absolute Gasteiger partial charge is 0.287 e. The number of rotatable bonds is 3. The van der Waals surface area contributed by atoms with Crippen molar-refractivity contribution in [3.05, 3.63) is 46.6 Å². The molecule has 3 fully saturated rings. The fraction of sp³-hybridized carbons (Fsp3) is 0.421. The van der Waals surface area contributed by atoms with E-state index in [1.54, 1.807) is 6.07 Å². The van der Waals surface area contributed by atoms with E-state index in [1.807, 2.05) is 30.3 Å². The number of furan rings is 1. The van der Waals surface area contributed by atoms with Gasteiger partial charge in [-0.05, 0) is 63.0 Å². The second-order valence-corrected chi connectivity index (χ2v) is 7.70. The van der Waals surface area contributed by atoms with E-state index in [4.69, 9.17) is 4.42 Å². The molecule has 2 atom stereocenters. The highest BCUT2D eigenvalue weighted by atomic mass is 79.9. The van der Waals surface area contributed by atoms with E-state index < -0.39 is 0 Å². The fourth-order valence-electron chi connectivity index (χ4n) is 4.00. The number of carbonyl (C=O) groups is 1. The molecule has 0 saturated carbocycles. The Balaban J connectivity index is 1.48. The third-order valence-electron chi connectivity index (χ3n) is 5.43. The maximum Gasteiger partial charge on any atom is 0.287 e. The van der Waals surface area contributed by atoms with Gasteiger partial charge in [0.1, 0.15) is 5.76 Å². The third kappa shape index (κ3) is 2.91. The predicted molar refractivity (Wildman–Crippen MR) is 96.9 cm³/mol. The predicted octanol–water partition coefficient (Wildman–Crippen LogP) is 3.92. The number of amides is 1. The van der Waals surface area contributed by atoms with Crippen molar-refractivity contribution in [2.24, 2.45) is 5.92 Å². The van der Waals surface area contributed by atoms with Crippen LogP contribution in [-0.2, 0) is 0 Å². The molecule has 2 bridgehead atoms. The number of halogens is 1. The second kappa shape index (κ2) is 6.37. The summed E-state index contributed by atoms with van der Waals surface area (Å²) in [6.07, 6.45) is 2.36. The molecule has 5 heteroatoms. The highest BCUT2D eigenvalue weighted by Gasteiger charge is 2.40. The van der Waals surface area contributed by atoms with E-state index in [0.717, 1.165) is 28.9 Å². The Morgan fingerprint density at radius 3 is 2.54 bits per heavy atom. The number of benzene rings is 1. The van der Waals surface area contributed by atoms with Gasteiger partial charge in [0.05, 0.1) is 0 Å². The summed E-state index contributed by atoms with van der Waals surface area (Å²) in [6, 6.07) is 12.1. The molecule has 126 valence electrons. The van der Waals surface area contributed by atoms with Crippen molar-refractivity contribution in [3.63, 3.8) is 0 Å². The first-order valence-electron chi connectivity index (χ1n) is 8.52. The van der Waals surface area contributed by atoms with E-state index in [1.165, 1.54) is 12.8 Å². The lowest BCUT2D eigenvalue weighted by molar-refractivity contribution is 0.0211. The Labute approximate surface area is 150 Å². The summed E-state index contributed by atoms with van der Waals surface area (Å²) < 4.78 is 6.81. The fourth-order valence-corrected chi connectivity index (χ4v) is 4.26. The Kier molecular flexibility index (Phi) is 4.22. The number of hydrogen-bond acceptors (Lipinski definition) is 3. The standard InChI is InChI=1S/C19H21BrN2O2/c1-12-18(14-8-10-22(12)11-9-14)21-19(23)17-7-6-16(24-17)13-2-4-15(20)5-3-13/h2-7,12,14,18H,8-11H2,1H3,(H,21,23). The highest BCUT2D eigenvalue weighted by Crippen LogP contribution is 2.32. The SMILES string of the molecule is CC1C(NC(=O)c2ccc(-c3ccc(Br)cc3)o2)C2CCN1CC2. The quantitative estimate of drug-likeness (QED) is 0.866. The van der Waals surface area contributed by atoms with E-state index in [9.17, 15) is 4.79 Å². The minimum Gasteiger partial charge on any atom is -0.451 e. The van der Waals surface area contributed by atoms with Crippen molar-refractivity contribution in [3.8, 4) is 11.3 Å². The number of piperidine rings is 3. The van der Waals surface area contributed by atoms with Gasteiger partial charge in [-0.2, -0.15) is 0 Å². The molecule has 2 unspecified atom stereocenters. The molecule has 5 rings (SSSR count). The molecule has 3 saturated heterocycles. The normalized spacial score (nSPS) is 28.8. The lowest BCUT2D eigenvalue weighted by Gasteiger charge is -2.49. The molecule has 3 aliphatic heterocycles. The zero-order valence-corrected chi connectivity index (χ0v) is 15.3. The molecule has 1 N–H and O–H groups in total. The largest absolute Gasteiger partial charge is 0.451 e. The van der Waals surface area contributed by atoms with E-state index >= 15 is 0 Å². The third-order valence-corrected chi connectivity index (χ3v) is 5.96. The molecular weight excluding hydrogens is 368 g/mol. The zero-order chi connectivity index (χ0) is 16.7. The maximum absolute atomic E-state index is 12.6. The number of nitrogens with one attached hydrogen (secondary N) is 1. The van der Waals surface area contributed by atoms with Gasteiger partial charge in [-0.15, -0.1) is 0 Å². The van der Waals surface area contributed by atoms with Crippen LogP contribution in [0.3, 0.4) is 0 Å². The topological polar surface area (TPSA) is 45.5 Å². The molecule has 4 heterocycles. The summed E-state index contributed by atoms with van der Waals surface area (Å²) in [5, 5.41) is 3.21. The highest BCUT2D eigenvalue weighted by molar-refractivity contribution is 9.10. The van der Waals surface area contributed by atoms with Gasteiger partial charge in [0, 0.05) is 22.1 Å². The first kappa shape index (κ1) is 15.9. The molecule has 1 aromatic carbocycles. The zero-order valence-electron chi connectivity index (χ0n) is 13.7. The van der Waals surface area contributed by atoms with Crippen LogP contribution in [0.25, 0.3) is 11.3 Å². The minimum atomic E-state index is -0.107. The Morgan fingerprint density at radius 1 is 1.17 bits per heavy atom. The van der Waals surface area contributed by atoms with Crippen LogP contribution in [0.1, 0.15) is 30.3 Å². The minimum absolute atomic E-state index is 0.107. The van der Waals surface area contributed by atoms with Crippen LogP contribution in [0.4, 0.5) is 0 Å². The Bertz CT molecular complexity index is 730. The summed E-state index contributed by atoms with van der Waals surface area (Å²) in [5.41, 5.74) is 0.966. The second-order valence-electron chi connectivity index (χ2n) is 6.78. The monoisotopic (exact) mass is 388 g/mol. The van der Waals surface area contributed by atoms with Gasteiger partial charge in [-0.3, -0.25) is 9.69 Å². The lowest BCUT2D eigenvalue weighted by atomic mass is 9.79. The Morgan fingerprint density at radius 2 is 1.88 bits per heavy atom. The Hall–Kier alpha value is -1.59. The summed E-state index contributed by atoms with van der Waals surface area (Å²) in [4.78, 5) is 15.1. The average Bonchev–Trinajstić information content (AvgIpc) is 3.09. The molecule has 0 spiro atoms. The first-order chi connectivity index (χ1) is 11.6. The van der Waals surface area contributed by atoms with Crippen molar-refractivity contribution in [1.29, 1.82) is 0 Å². The van der Waals surface area contributed by atoms with Crippen molar-refractivity contribution in [1.82, 2.24) is 10.2 Å². The number of fused-ring (bicyclic) bond motifs is 3. The number of carbonyl (C=O) groups excluding carboxylic acids is 1. The average molecular weight is 389 g/mol. The number of nitrogens with zero attached hydrogens (tertiary/aromatic N) is 1. The van der Waals surface area contributed by atoms with Gasteiger partial charge in [-0.25, -0.2) is 0 Å². The summed E-state index contributed by atoms with van der Waals surface area (Å²) in [5.74, 6) is 1.59. The van der Waals surface area contributed by atoms with Gasteiger partial charge in [0.15, 0.2) is 5.76 Å². The summed E-state index contributed by atoms with van der Waals surface area (Å²) in [6.45, 7) is 4.53. The van der Waals surface area contributed by atoms with Crippen LogP contribution < -0.4 is 5.32 Å². The van der Waals surface area contributed by atoms with E-state index in [2.05, 4.69) is 33.1 Å². The molecule has 2 aromatic rings. The molecule has 4 nitrogen and oxygen atoms in total. The molecule has 0 aliphatic carbocycles.